The molecule has 5 N–H and O–H groups in total. The Morgan fingerprint density at radius 2 is 1.94 bits per heavy atom. The number of hydrogen-bond acceptors (Lipinski definition) is 3. The predicted molar refractivity (Wildman–Crippen MR) is 78.5 cm³/mol. The number of primary amides is 1. The first-order chi connectivity index (χ1) is 8.32. The molecule has 1 unspecified atom stereocenters. The van der Waals surface area contributed by atoms with E-state index in [1.165, 1.54) is 0 Å². The van der Waals surface area contributed by atoms with E-state index in [0.29, 0.717) is 4.99 Å². The van der Waals surface area contributed by atoms with Gasteiger partial charge in [-0.25, -0.2) is 0 Å². The highest BCUT2D eigenvalue weighted by Crippen LogP contribution is 2.20. The largest absolute Gasteiger partial charge is 0.389 e. The molecule has 0 heterocycles. The second-order valence-corrected chi connectivity index (χ2v) is 5.12. The van der Waals surface area contributed by atoms with Gasteiger partial charge in [-0.05, 0) is 30.5 Å². The van der Waals surface area contributed by atoms with Crippen LogP contribution in [0, 0.1) is 12.8 Å². The van der Waals surface area contributed by atoms with Crippen molar-refractivity contribution in [1.29, 1.82) is 0 Å². The minimum Gasteiger partial charge on any atom is -0.389 e. The number of thiocarbonyl (C=S) groups is 1. The van der Waals surface area contributed by atoms with Crippen LogP contribution in [-0.4, -0.2) is 16.9 Å². The summed E-state index contributed by atoms with van der Waals surface area (Å²) < 4.78 is 0. The number of aryl methyl sites for hydroxylation is 1. The molecular weight excluding hydrogens is 246 g/mol. The second-order valence-electron chi connectivity index (χ2n) is 4.68. The summed E-state index contributed by atoms with van der Waals surface area (Å²) in [6, 6.07) is 5.24. The first kappa shape index (κ1) is 14.4. The van der Waals surface area contributed by atoms with Gasteiger partial charge < -0.3 is 16.8 Å². The molecular formula is C13H19N3OS. The summed E-state index contributed by atoms with van der Waals surface area (Å²) in [4.78, 5) is 11.7. The molecule has 0 spiro atoms. The first-order valence-electron chi connectivity index (χ1n) is 5.79. The molecule has 1 rings (SSSR count). The lowest BCUT2D eigenvalue weighted by molar-refractivity contribution is -0.119. The van der Waals surface area contributed by atoms with Crippen molar-refractivity contribution in [3.63, 3.8) is 0 Å². The molecule has 1 amide bonds. The van der Waals surface area contributed by atoms with E-state index in [-0.39, 0.29) is 11.8 Å². The Morgan fingerprint density at radius 3 is 2.39 bits per heavy atom. The van der Waals surface area contributed by atoms with Crippen molar-refractivity contribution >= 4 is 28.8 Å². The number of nitrogens with two attached hydrogens (primary N) is 2. The number of amides is 1. The number of rotatable bonds is 5. The molecule has 4 nitrogen and oxygen atoms in total. The Hall–Kier alpha value is -1.62. The van der Waals surface area contributed by atoms with Crippen molar-refractivity contribution in [3.8, 4) is 0 Å². The van der Waals surface area contributed by atoms with Crippen LogP contribution >= 0.6 is 12.2 Å². The Bertz CT molecular complexity index is 471. The van der Waals surface area contributed by atoms with Crippen LogP contribution in [0.1, 0.15) is 25.0 Å². The molecule has 5 heteroatoms. The standard InChI is InChI=1S/C13H19N3OS/c1-7(2)11(12(14)17)16-10-6-8(3)4-5-9(10)13(15)18/h4-7,11,16H,1-3H3,(H2,14,17)(H2,15,18). The number of nitrogens with one attached hydrogen (secondary N) is 1. The van der Waals surface area contributed by atoms with E-state index in [1.54, 1.807) is 0 Å². The van der Waals surface area contributed by atoms with E-state index in [4.69, 9.17) is 23.7 Å². The van der Waals surface area contributed by atoms with Gasteiger partial charge in [-0.1, -0.05) is 32.1 Å². The van der Waals surface area contributed by atoms with Gasteiger partial charge in [0.25, 0.3) is 0 Å². The normalized spacial score (nSPS) is 12.2. The van der Waals surface area contributed by atoms with E-state index < -0.39 is 6.04 Å². The van der Waals surface area contributed by atoms with E-state index >= 15 is 0 Å². The van der Waals surface area contributed by atoms with E-state index in [2.05, 4.69) is 5.32 Å². The molecule has 0 bridgehead atoms. The zero-order chi connectivity index (χ0) is 13.9. The summed E-state index contributed by atoms with van der Waals surface area (Å²) in [5.41, 5.74) is 13.6. The summed E-state index contributed by atoms with van der Waals surface area (Å²) in [7, 11) is 0. The van der Waals surface area contributed by atoms with E-state index in [0.717, 1.165) is 16.8 Å². The number of hydrogen-bond donors (Lipinski definition) is 3. The van der Waals surface area contributed by atoms with Crippen molar-refractivity contribution in [3.05, 3.63) is 29.3 Å². The maximum atomic E-state index is 11.4. The van der Waals surface area contributed by atoms with Crippen LogP contribution in [-0.2, 0) is 4.79 Å². The molecule has 1 aromatic carbocycles. The van der Waals surface area contributed by atoms with E-state index in [1.807, 2.05) is 39.0 Å². The fourth-order valence-electron chi connectivity index (χ4n) is 1.73. The van der Waals surface area contributed by atoms with Gasteiger partial charge in [0.2, 0.25) is 5.91 Å². The van der Waals surface area contributed by atoms with Gasteiger partial charge in [0, 0.05) is 11.3 Å². The molecule has 0 aliphatic carbocycles. The van der Waals surface area contributed by atoms with Gasteiger partial charge in [-0.2, -0.15) is 0 Å². The Balaban J connectivity index is 3.12. The highest BCUT2D eigenvalue weighted by Gasteiger charge is 2.20. The van der Waals surface area contributed by atoms with Crippen LogP contribution in [0.25, 0.3) is 0 Å². The molecule has 0 saturated carbocycles. The van der Waals surface area contributed by atoms with Gasteiger partial charge in [0.05, 0.1) is 0 Å². The third-order valence-electron chi connectivity index (χ3n) is 2.72. The molecule has 0 saturated heterocycles. The Labute approximate surface area is 113 Å². The van der Waals surface area contributed by atoms with Crippen LogP contribution in [0.2, 0.25) is 0 Å². The number of carbonyl (C=O) groups is 1. The third kappa shape index (κ3) is 3.43. The minimum absolute atomic E-state index is 0.0854. The fourth-order valence-corrected chi connectivity index (χ4v) is 1.90. The van der Waals surface area contributed by atoms with Gasteiger partial charge >= 0.3 is 0 Å². The first-order valence-corrected chi connectivity index (χ1v) is 6.20. The molecule has 0 aliphatic rings. The quantitative estimate of drug-likeness (QED) is 0.706. The molecule has 98 valence electrons. The monoisotopic (exact) mass is 265 g/mol. The molecule has 0 fully saturated rings. The number of benzene rings is 1. The summed E-state index contributed by atoms with van der Waals surface area (Å²) in [5.74, 6) is -0.303. The lowest BCUT2D eigenvalue weighted by Crippen LogP contribution is -2.40. The topological polar surface area (TPSA) is 81.1 Å². The molecule has 0 aliphatic heterocycles. The smallest absolute Gasteiger partial charge is 0.240 e. The zero-order valence-corrected chi connectivity index (χ0v) is 11.7. The van der Waals surface area contributed by atoms with Crippen LogP contribution in [0.4, 0.5) is 5.69 Å². The SMILES string of the molecule is Cc1ccc(C(N)=S)c(NC(C(N)=O)C(C)C)c1. The number of carbonyl (C=O) groups excluding carboxylic acids is 1. The van der Waals surface area contributed by atoms with Crippen molar-refractivity contribution in [2.24, 2.45) is 17.4 Å². The average molecular weight is 265 g/mol. The second kappa shape index (κ2) is 5.82. The molecule has 1 atom stereocenters. The Kier molecular flexibility index (Phi) is 4.67. The van der Waals surface area contributed by atoms with Crippen molar-refractivity contribution < 1.29 is 4.79 Å². The van der Waals surface area contributed by atoms with Crippen LogP contribution in [0.5, 0.6) is 0 Å². The average Bonchev–Trinajstić information content (AvgIpc) is 2.24. The lowest BCUT2D eigenvalue weighted by atomic mass is 10.0. The van der Waals surface area contributed by atoms with Gasteiger partial charge in [-0.15, -0.1) is 0 Å². The van der Waals surface area contributed by atoms with Gasteiger partial charge in [0.15, 0.2) is 0 Å². The highest BCUT2D eigenvalue weighted by atomic mass is 32.1. The molecule has 18 heavy (non-hydrogen) atoms. The third-order valence-corrected chi connectivity index (χ3v) is 2.94. The summed E-state index contributed by atoms with van der Waals surface area (Å²) in [6.45, 7) is 5.82. The van der Waals surface area contributed by atoms with Crippen LogP contribution in [0.15, 0.2) is 18.2 Å². The Morgan fingerprint density at radius 1 is 1.33 bits per heavy atom. The summed E-state index contributed by atoms with van der Waals surface area (Å²) in [5, 5.41) is 3.13. The van der Waals surface area contributed by atoms with Crippen LogP contribution < -0.4 is 16.8 Å². The molecule has 0 aromatic heterocycles. The summed E-state index contributed by atoms with van der Waals surface area (Å²) >= 11 is 5.00. The lowest BCUT2D eigenvalue weighted by Gasteiger charge is -2.22. The van der Waals surface area contributed by atoms with Crippen LogP contribution in [0.3, 0.4) is 0 Å². The summed E-state index contributed by atoms with van der Waals surface area (Å²) in [6.07, 6.45) is 0. The van der Waals surface area contributed by atoms with Gasteiger partial charge in [-0.3, -0.25) is 4.79 Å². The number of anilines is 1. The molecule has 0 radical (unpaired) electrons. The van der Waals surface area contributed by atoms with Gasteiger partial charge in [0.1, 0.15) is 11.0 Å². The predicted octanol–water partition coefficient (Wildman–Crippen LogP) is 1.55. The van der Waals surface area contributed by atoms with Crippen molar-refractivity contribution in [2.45, 2.75) is 26.8 Å². The minimum atomic E-state index is -0.445. The molecule has 1 aromatic rings. The maximum absolute atomic E-state index is 11.4. The van der Waals surface area contributed by atoms with Crippen molar-refractivity contribution in [1.82, 2.24) is 0 Å². The fraction of sp³-hybridized carbons (Fsp3) is 0.385. The maximum Gasteiger partial charge on any atom is 0.240 e. The van der Waals surface area contributed by atoms with Crippen molar-refractivity contribution in [2.75, 3.05) is 5.32 Å². The zero-order valence-electron chi connectivity index (χ0n) is 10.9. The van der Waals surface area contributed by atoms with E-state index in [9.17, 15) is 4.79 Å². The highest BCUT2D eigenvalue weighted by molar-refractivity contribution is 7.80.